The Balaban J connectivity index is 1.75. The summed E-state index contributed by atoms with van der Waals surface area (Å²) in [6.45, 7) is 3.21. The largest absolute Gasteiger partial charge is 0.497 e. The van der Waals surface area contributed by atoms with Crippen LogP contribution in [-0.2, 0) is 0 Å². The van der Waals surface area contributed by atoms with Crippen LogP contribution in [0.3, 0.4) is 0 Å². The number of aromatic nitrogens is 2. The molecule has 0 spiro atoms. The van der Waals surface area contributed by atoms with Gasteiger partial charge in [0.05, 0.1) is 7.11 Å². The minimum absolute atomic E-state index is 0.0291. The van der Waals surface area contributed by atoms with Gasteiger partial charge in [-0.3, -0.25) is 9.59 Å². The van der Waals surface area contributed by atoms with Gasteiger partial charge in [-0.1, -0.05) is 0 Å². The number of methoxy groups -OCH3 is 1. The summed E-state index contributed by atoms with van der Waals surface area (Å²) in [7, 11) is 1.61. The van der Waals surface area contributed by atoms with E-state index in [0.717, 1.165) is 11.4 Å². The van der Waals surface area contributed by atoms with Crippen LogP contribution in [0.15, 0.2) is 54.6 Å². The zero-order valence-corrected chi connectivity index (χ0v) is 15.8. The molecule has 2 N–H and O–H groups in total. The van der Waals surface area contributed by atoms with Gasteiger partial charge in [0, 0.05) is 23.0 Å². The fraction of sp³-hybridized carbons (Fsp3) is 0.143. The summed E-state index contributed by atoms with van der Waals surface area (Å²) < 4.78 is 5.14. The lowest BCUT2D eigenvalue weighted by molar-refractivity contribution is 0.101. The maximum absolute atomic E-state index is 12.6. The molecule has 1 amide bonds. The molecule has 1 aromatic heterocycles. The van der Waals surface area contributed by atoms with E-state index >= 15 is 0 Å². The number of nitrogens with one attached hydrogen (secondary N) is 2. The van der Waals surface area contributed by atoms with E-state index in [2.05, 4.69) is 20.6 Å². The molecule has 0 aliphatic carbocycles. The minimum Gasteiger partial charge on any atom is -0.497 e. The lowest BCUT2D eigenvalue weighted by Crippen LogP contribution is -2.15. The number of carbonyl (C=O) groups excluding carboxylic acids is 2. The SMILES string of the molecule is COc1ccc(Nc2cc(C(=O)Nc3ccc(C(C)=O)cc3)nc(C)n2)cc1. The molecule has 7 heteroatoms. The van der Waals surface area contributed by atoms with E-state index in [4.69, 9.17) is 4.74 Å². The van der Waals surface area contributed by atoms with E-state index in [1.165, 1.54) is 6.92 Å². The maximum atomic E-state index is 12.6. The molecule has 0 radical (unpaired) electrons. The third-order valence-corrected chi connectivity index (χ3v) is 3.98. The number of nitrogens with zero attached hydrogens (tertiary/aromatic N) is 2. The van der Waals surface area contributed by atoms with Crippen molar-refractivity contribution >= 4 is 28.9 Å². The van der Waals surface area contributed by atoms with Crippen LogP contribution in [0.1, 0.15) is 33.6 Å². The van der Waals surface area contributed by atoms with Gasteiger partial charge in [-0.05, 0) is 62.4 Å². The van der Waals surface area contributed by atoms with E-state index in [9.17, 15) is 9.59 Å². The first-order valence-corrected chi connectivity index (χ1v) is 8.64. The van der Waals surface area contributed by atoms with Gasteiger partial charge in [0.15, 0.2) is 5.78 Å². The molecule has 142 valence electrons. The Kier molecular flexibility index (Phi) is 5.64. The summed E-state index contributed by atoms with van der Waals surface area (Å²) in [6.07, 6.45) is 0. The predicted molar refractivity (Wildman–Crippen MR) is 107 cm³/mol. The molecular weight excluding hydrogens is 356 g/mol. The normalized spacial score (nSPS) is 10.2. The van der Waals surface area contributed by atoms with Gasteiger partial charge in [-0.15, -0.1) is 0 Å². The first-order valence-electron chi connectivity index (χ1n) is 8.64. The van der Waals surface area contributed by atoms with Crippen molar-refractivity contribution in [2.24, 2.45) is 0 Å². The number of hydrogen-bond donors (Lipinski definition) is 2. The standard InChI is InChI=1S/C21H20N4O3/c1-13(26)15-4-6-17(7-5-15)25-21(27)19-12-20(23-14(2)22-19)24-16-8-10-18(28-3)11-9-16/h4-12H,1-3H3,(H,25,27)(H,22,23,24). The Labute approximate surface area is 162 Å². The Hall–Kier alpha value is -3.74. The van der Waals surface area contributed by atoms with E-state index in [1.54, 1.807) is 44.4 Å². The van der Waals surface area contributed by atoms with Crippen LogP contribution in [0.2, 0.25) is 0 Å². The summed E-state index contributed by atoms with van der Waals surface area (Å²) in [6, 6.07) is 15.6. The number of amides is 1. The second-order valence-electron chi connectivity index (χ2n) is 6.13. The third kappa shape index (κ3) is 4.70. The van der Waals surface area contributed by atoms with Gasteiger partial charge in [0.1, 0.15) is 23.1 Å². The van der Waals surface area contributed by atoms with Crippen LogP contribution in [0.4, 0.5) is 17.2 Å². The molecule has 28 heavy (non-hydrogen) atoms. The van der Waals surface area contributed by atoms with E-state index in [1.807, 2.05) is 24.3 Å². The molecule has 0 aliphatic rings. The van der Waals surface area contributed by atoms with Crippen LogP contribution in [-0.4, -0.2) is 28.8 Å². The van der Waals surface area contributed by atoms with Crippen LogP contribution >= 0.6 is 0 Å². The van der Waals surface area contributed by atoms with Crippen LogP contribution < -0.4 is 15.4 Å². The second-order valence-corrected chi connectivity index (χ2v) is 6.13. The molecule has 2 aromatic carbocycles. The first kappa shape index (κ1) is 19.0. The van der Waals surface area contributed by atoms with Crippen LogP contribution in [0.5, 0.6) is 5.75 Å². The number of ketones is 1. The van der Waals surface area contributed by atoms with Crippen molar-refractivity contribution in [1.29, 1.82) is 0 Å². The van der Waals surface area contributed by atoms with Crippen molar-refractivity contribution in [3.63, 3.8) is 0 Å². The molecule has 0 aliphatic heterocycles. The Morgan fingerprint density at radius 1 is 0.929 bits per heavy atom. The Morgan fingerprint density at radius 2 is 1.57 bits per heavy atom. The topological polar surface area (TPSA) is 93.2 Å². The average molecular weight is 376 g/mol. The second kappa shape index (κ2) is 8.30. The van der Waals surface area contributed by atoms with E-state index in [-0.39, 0.29) is 17.4 Å². The van der Waals surface area contributed by atoms with Crippen molar-refractivity contribution in [2.45, 2.75) is 13.8 Å². The van der Waals surface area contributed by atoms with Gasteiger partial charge < -0.3 is 15.4 Å². The summed E-state index contributed by atoms with van der Waals surface area (Å²) in [5.41, 5.74) is 2.21. The monoisotopic (exact) mass is 376 g/mol. The summed E-state index contributed by atoms with van der Waals surface area (Å²) in [4.78, 5) is 32.4. The molecule has 0 bridgehead atoms. The highest BCUT2D eigenvalue weighted by Crippen LogP contribution is 2.20. The lowest BCUT2D eigenvalue weighted by Gasteiger charge is -2.10. The van der Waals surface area contributed by atoms with Crippen LogP contribution in [0.25, 0.3) is 0 Å². The van der Waals surface area contributed by atoms with Crippen molar-refractivity contribution in [1.82, 2.24) is 9.97 Å². The number of anilines is 3. The number of carbonyl (C=O) groups is 2. The van der Waals surface area contributed by atoms with Gasteiger partial charge in [0.25, 0.3) is 5.91 Å². The summed E-state index contributed by atoms with van der Waals surface area (Å²) in [5.74, 6) is 1.34. The fourth-order valence-electron chi connectivity index (χ4n) is 2.55. The van der Waals surface area contributed by atoms with Crippen molar-refractivity contribution in [3.8, 4) is 5.75 Å². The molecule has 0 fully saturated rings. The van der Waals surface area contributed by atoms with E-state index in [0.29, 0.717) is 22.9 Å². The number of ether oxygens (including phenoxy) is 1. The van der Waals surface area contributed by atoms with Crippen molar-refractivity contribution in [2.75, 3.05) is 17.7 Å². The minimum atomic E-state index is -0.362. The van der Waals surface area contributed by atoms with E-state index < -0.39 is 0 Å². The molecule has 1 heterocycles. The van der Waals surface area contributed by atoms with Gasteiger partial charge in [0.2, 0.25) is 0 Å². The molecule has 3 rings (SSSR count). The third-order valence-electron chi connectivity index (χ3n) is 3.98. The highest BCUT2D eigenvalue weighted by molar-refractivity contribution is 6.03. The van der Waals surface area contributed by atoms with Gasteiger partial charge in [-0.2, -0.15) is 0 Å². The van der Waals surface area contributed by atoms with Gasteiger partial charge in [-0.25, -0.2) is 9.97 Å². The molecular formula is C21H20N4O3. The first-order chi connectivity index (χ1) is 13.4. The smallest absolute Gasteiger partial charge is 0.274 e. The maximum Gasteiger partial charge on any atom is 0.274 e. The Morgan fingerprint density at radius 3 is 2.18 bits per heavy atom. The number of Topliss-reactive ketones (excluding diaryl/α,β-unsaturated/α-hetero) is 1. The number of aryl methyl sites for hydroxylation is 1. The lowest BCUT2D eigenvalue weighted by atomic mass is 10.1. The Bertz CT molecular complexity index is 999. The molecule has 3 aromatic rings. The quantitative estimate of drug-likeness (QED) is 0.632. The van der Waals surface area contributed by atoms with Gasteiger partial charge >= 0.3 is 0 Å². The molecule has 0 unspecified atom stereocenters. The number of benzene rings is 2. The average Bonchev–Trinajstić information content (AvgIpc) is 2.68. The van der Waals surface area contributed by atoms with Crippen molar-refractivity contribution in [3.05, 3.63) is 71.7 Å². The number of rotatable bonds is 6. The van der Waals surface area contributed by atoms with Crippen molar-refractivity contribution < 1.29 is 14.3 Å². The fourth-order valence-corrected chi connectivity index (χ4v) is 2.55. The number of hydrogen-bond acceptors (Lipinski definition) is 6. The molecule has 0 saturated heterocycles. The zero-order chi connectivity index (χ0) is 20.1. The highest BCUT2D eigenvalue weighted by Gasteiger charge is 2.12. The summed E-state index contributed by atoms with van der Waals surface area (Å²) >= 11 is 0. The molecule has 7 nitrogen and oxygen atoms in total. The highest BCUT2D eigenvalue weighted by atomic mass is 16.5. The predicted octanol–water partition coefficient (Wildman–Crippen LogP) is 3.99. The molecule has 0 saturated carbocycles. The summed E-state index contributed by atoms with van der Waals surface area (Å²) in [5, 5.41) is 5.92. The van der Waals surface area contributed by atoms with Crippen LogP contribution in [0, 0.1) is 6.92 Å². The zero-order valence-electron chi connectivity index (χ0n) is 15.8. The molecule has 0 atom stereocenters.